The van der Waals surface area contributed by atoms with E-state index >= 15 is 0 Å². The van der Waals surface area contributed by atoms with Crippen molar-refractivity contribution in [3.63, 3.8) is 0 Å². The molecular formula is C7H12F3N. The van der Waals surface area contributed by atoms with Crippen LogP contribution in [0.4, 0.5) is 13.2 Å². The van der Waals surface area contributed by atoms with E-state index in [4.69, 9.17) is 5.73 Å². The average molecular weight is 167 g/mol. The molecule has 4 heteroatoms. The van der Waals surface area contributed by atoms with Crippen LogP contribution in [-0.4, -0.2) is 12.7 Å². The molecule has 0 amide bonds. The van der Waals surface area contributed by atoms with E-state index in [1.54, 1.807) is 0 Å². The lowest BCUT2D eigenvalue weighted by atomic mass is 9.71. The summed E-state index contributed by atoms with van der Waals surface area (Å²) in [5.41, 5.74) is 5.18. The molecule has 2 N–H and O–H groups in total. The van der Waals surface area contributed by atoms with Crippen LogP contribution in [0.25, 0.3) is 0 Å². The van der Waals surface area contributed by atoms with Gasteiger partial charge >= 0.3 is 6.18 Å². The third kappa shape index (κ3) is 1.86. The lowest BCUT2D eigenvalue weighted by Crippen LogP contribution is -2.39. The Bertz CT molecular complexity index is 132. The lowest BCUT2D eigenvalue weighted by Gasteiger charge is -2.37. The number of nitrogens with two attached hydrogens (primary N) is 1. The highest BCUT2D eigenvalue weighted by molar-refractivity contribution is 4.85. The molecule has 0 radical (unpaired) electrons. The van der Waals surface area contributed by atoms with Crippen LogP contribution < -0.4 is 5.73 Å². The van der Waals surface area contributed by atoms with Crippen molar-refractivity contribution in [2.75, 3.05) is 6.54 Å². The lowest BCUT2D eigenvalue weighted by molar-refractivity contribution is -0.213. The van der Waals surface area contributed by atoms with Gasteiger partial charge in [0.05, 0.1) is 5.92 Å². The zero-order valence-electron chi connectivity index (χ0n) is 6.19. The van der Waals surface area contributed by atoms with Crippen LogP contribution in [0.2, 0.25) is 0 Å². The van der Waals surface area contributed by atoms with Gasteiger partial charge in [-0.2, -0.15) is 13.2 Å². The highest BCUT2D eigenvalue weighted by Crippen LogP contribution is 2.46. The molecule has 66 valence electrons. The Morgan fingerprint density at radius 1 is 1.27 bits per heavy atom. The predicted octanol–water partition coefficient (Wildman–Crippen LogP) is 1.92. The first kappa shape index (κ1) is 8.84. The van der Waals surface area contributed by atoms with Gasteiger partial charge in [0.15, 0.2) is 0 Å². The van der Waals surface area contributed by atoms with Gasteiger partial charge in [-0.05, 0) is 31.7 Å². The van der Waals surface area contributed by atoms with E-state index in [-0.39, 0.29) is 5.92 Å². The van der Waals surface area contributed by atoms with Gasteiger partial charge in [0.2, 0.25) is 0 Å². The first-order valence-corrected chi connectivity index (χ1v) is 3.82. The molecule has 0 aromatic rings. The standard InChI is InChI=1S/C7H12F3N/c8-7(9,10)6-2-1-5(6)3-4-11/h5-6H,1-4,11H2/t5-,6+/m0/s1. The molecule has 1 nitrogen and oxygen atoms in total. The Hall–Kier alpha value is -0.250. The first-order chi connectivity index (χ1) is 5.05. The number of hydrogen-bond acceptors (Lipinski definition) is 1. The maximum Gasteiger partial charge on any atom is 0.392 e. The molecule has 0 aliphatic heterocycles. The smallest absolute Gasteiger partial charge is 0.330 e. The molecule has 1 rings (SSSR count). The SMILES string of the molecule is NCC[C@@H]1CC[C@H]1C(F)(F)F. The fourth-order valence-electron chi connectivity index (χ4n) is 1.56. The van der Waals surface area contributed by atoms with E-state index in [0.29, 0.717) is 25.8 Å². The second-order valence-electron chi connectivity index (χ2n) is 3.06. The molecule has 1 aliphatic rings. The van der Waals surface area contributed by atoms with Crippen LogP contribution in [0.5, 0.6) is 0 Å². The highest BCUT2D eigenvalue weighted by Gasteiger charge is 2.48. The monoisotopic (exact) mass is 167 g/mol. The third-order valence-corrected chi connectivity index (χ3v) is 2.38. The predicted molar refractivity (Wildman–Crippen MR) is 35.9 cm³/mol. The van der Waals surface area contributed by atoms with Gasteiger partial charge in [-0.15, -0.1) is 0 Å². The molecule has 0 aromatic heterocycles. The van der Waals surface area contributed by atoms with Crippen LogP contribution in [0.1, 0.15) is 19.3 Å². The minimum Gasteiger partial charge on any atom is -0.330 e. The molecule has 1 aliphatic carbocycles. The fourth-order valence-corrected chi connectivity index (χ4v) is 1.56. The quantitative estimate of drug-likeness (QED) is 0.668. The fraction of sp³-hybridized carbons (Fsp3) is 1.00. The number of halogens is 3. The van der Waals surface area contributed by atoms with Crippen LogP contribution >= 0.6 is 0 Å². The molecule has 0 bridgehead atoms. The average Bonchev–Trinajstić information content (AvgIpc) is 1.75. The van der Waals surface area contributed by atoms with Gasteiger partial charge in [0.25, 0.3) is 0 Å². The van der Waals surface area contributed by atoms with E-state index in [0.717, 1.165) is 0 Å². The summed E-state index contributed by atoms with van der Waals surface area (Å²) in [4.78, 5) is 0. The van der Waals surface area contributed by atoms with E-state index < -0.39 is 12.1 Å². The minimum atomic E-state index is -3.99. The zero-order valence-corrected chi connectivity index (χ0v) is 6.19. The maximum atomic E-state index is 12.0. The van der Waals surface area contributed by atoms with Crippen LogP contribution in [0.3, 0.4) is 0 Å². The van der Waals surface area contributed by atoms with Crippen molar-refractivity contribution in [2.45, 2.75) is 25.4 Å². The molecule has 0 unspecified atom stereocenters. The molecule has 1 fully saturated rings. The summed E-state index contributed by atoms with van der Waals surface area (Å²) in [6, 6.07) is 0. The summed E-state index contributed by atoms with van der Waals surface area (Å²) in [5.74, 6) is -1.26. The molecular weight excluding hydrogens is 155 g/mol. The summed E-state index contributed by atoms with van der Waals surface area (Å²) in [5, 5.41) is 0. The van der Waals surface area contributed by atoms with E-state index in [1.807, 2.05) is 0 Å². The Labute approximate surface area is 63.8 Å². The van der Waals surface area contributed by atoms with Crippen molar-refractivity contribution in [3.05, 3.63) is 0 Å². The van der Waals surface area contributed by atoms with E-state index in [2.05, 4.69) is 0 Å². The molecule has 0 spiro atoms. The topological polar surface area (TPSA) is 26.0 Å². The van der Waals surface area contributed by atoms with Gasteiger partial charge in [-0.1, -0.05) is 0 Å². The second kappa shape index (κ2) is 3.01. The second-order valence-corrected chi connectivity index (χ2v) is 3.06. The number of alkyl halides is 3. The Kier molecular flexibility index (Phi) is 2.42. The van der Waals surface area contributed by atoms with Crippen molar-refractivity contribution in [1.82, 2.24) is 0 Å². The van der Waals surface area contributed by atoms with Crippen LogP contribution in [0.15, 0.2) is 0 Å². The molecule has 0 saturated heterocycles. The molecule has 0 aromatic carbocycles. The normalized spacial score (nSPS) is 31.6. The third-order valence-electron chi connectivity index (χ3n) is 2.38. The molecule has 0 heterocycles. The zero-order chi connectivity index (χ0) is 8.48. The largest absolute Gasteiger partial charge is 0.392 e. The minimum absolute atomic E-state index is 0.194. The first-order valence-electron chi connectivity index (χ1n) is 3.82. The van der Waals surface area contributed by atoms with Gasteiger partial charge in [0.1, 0.15) is 0 Å². The summed E-state index contributed by atoms with van der Waals surface area (Å²) < 4.78 is 36.1. The van der Waals surface area contributed by atoms with Gasteiger partial charge in [0, 0.05) is 0 Å². The summed E-state index contributed by atoms with van der Waals surface area (Å²) in [6.07, 6.45) is -2.47. The van der Waals surface area contributed by atoms with E-state index in [9.17, 15) is 13.2 Å². The Morgan fingerprint density at radius 2 is 1.91 bits per heavy atom. The van der Waals surface area contributed by atoms with Crippen LogP contribution in [-0.2, 0) is 0 Å². The summed E-state index contributed by atoms with van der Waals surface area (Å²) in [6.45, 7) is 0.372. The summed E-state index contributed by atoms with van der Waals surface area (Å²) >= 11 is 0. The molecule has 1 saturated carbocycles. The molecule has 11 heavy (non-hydrogen) atoms. The van der Waals surface area contributed by atoms with Gasteiger partial charge < -0.3 is 5.73 Å². The Balaban J connectivity index is 2.37. The van der Waals surface area contributed by atoms with Crippen molar-refractivity contribution in [2.24, 2.45) is 17.6 Å². The number of hydrogen-bond donors (Lipinski definition) is 1. The Morgan fingerprint density at radius 3 is 2.18 bits per heavy atom. The van der Waals surface area contributed by atoms with Gasteiger partial charge in [-0.25, -0.2) is 0 Å². The van der Waals surface area contributed by atoms with Crippen molar-refractivity contribution < 1.29 is 13.2 Å². The van der Waals surface area contributed by atoms with Crippen LogP contribution in [0, 0.1) is 11.8 Å². The van der Waals surface area contributed by atoms with Gasteiger partial charge in [-0.3, -0.25) is 0 Å². The van der Waals surface area contributed by atoms with Crippen molar-refractivity contribution in [3.8, 4) is 0 Å². The maximum absolute atomic E-state index is 12.0. The van der Waals surface area contributed by atoms with Crippen molar-refractivity contribution in [1.29, 1.82) is 0 Å². The molecule has 2 atom stereocenters. The summed E-state index contributed by atoms with van der Waals surface area (Å²) in [7, 11) is 0. The highest BCUT2D eigenvalue weighted by atomic mass is 19.4. The number of rotatable bonds is 2. The van der Waals surface area contributed by atoms with E-state index in [1.165, 1.54) is 0 Å². The van der Waals surface area contributed by atoms with Crippen molar-refractivity contribution >= 4 is 0 Å².